The second kappa shape index (κ2) is 10.5. The number of carbonyl (C=O) groups is 1. The Labute approximate surface area is 187 Å². The third-order valence-corrected chi connectivity index (χ3v) is 6.97. The van der Waals surface area contributed by atoms with E-state index in [9.17, 15) is 13.2 Å². The zero-order valence-electron chi connectivity index (χ0n) is 16.4. The van der Waals surface area contributed by atoms with Crippen LogP contribution in [-0.2, 0) is 21.4 Å². The largest absolute Gasteiger partial charge is 0.482 e. The molecule has 3 rings (SSSR count). The van der Waals surface area contributed by atoms with E-state index >= 15 is 0 Å². The summed E-state index contributed by atoms with van der Waals surface area (Å²) in [6.07, 6.45) is 4.89. The Morgan fingerprint density at radius 2 is 1.73 bits per heavy atom. The van der Waals surface area contributed by atoms with Crippen LogP contribution in [0, 0.1) is 0 Å². The summed E-state index contributed by atoms with van der Waals surface area (Å²) in [6, 6.07) is 11.3. The summed E-state index contributed by atoms with van der Waals surface area (Å²) in [5.74, 6) is -0.0772. The fourth-order valence-corrected chi connectivity index (χ4v) is 5.03. The molecule has 2 N–H and O–H groups in total. The molecule has 2 aromatic carbocycles. The molecular weight excluding hydrogens is 447 g/mol. The highest BCUT2D eigenvalue weighted by Crippen LogP contribution is 2.28. The van der Waals surface area contributed by atoms with E-state index in [1.807, 2.05) is 12.1 Å². The predicted octanol–water partition coefficient (Wildman–Crippen LogP) is 4.30. The maximum Gasteiger partial charge on any atom is 0.258 e. The van der Waals surface area contributed by atoms with Crippen LogP contribution in [0.4, 0.5) is 0 Å². The molecule has 0 radical (unpaired) electrons. The molecule has 1 aliphatic carbocycles. The van der Waals surface area contributed by atoms with Gasteiger partial charge in [-0.1, -0.05) is 54.6 Å². The van der Waals surface area contributed by atoms with E-state index < -0.39 is 10.0 Å². The third kappa shape index (κ3) is 6.60. The highest BCUT2D eigenvalue weighted by molar-refractivity contribution is 7.89. The molecule has 9 heteroatoms. The van der Waals surface area contributed by atoms with Crippen LogP contribution >= 0.6 is 23.2 Å². The van der Waals surface area contributed by atoms with Crippen molar-refractivity contribution in [2.24, 2.45) is 0 Å². The van der Waals surface area contributed by atoms with Crippen molar-refractivity contribution in [2.75, 3.05) is 6.61 Å². The number of halogens is 2. The molecule has 30 heavy (non-hydrogen) atoms. The Hall–Kier alpha value is -1.80. The van der Waals surface area contributed by atoms with E-state index in [0.29, 0.717) is 11.6 Å². The Balaban J connectivity index is 1.53. The second-order valence-corrected chi connectivity index (χ2v) is 9.80. The minimum Gasteiger partial charge on any atom is -0.482 e. The van der Waals surface area contributed by atoms with Gasteiger partial charge in [-0.2, -0.15) is 0 Å². The van der Waals surface area contributed by atoms with Gasteiger partial charge in [0.05, 0.1) is 9.92 Å². The first-order chi connectivity index (χ1) is 14.3. The van der Waals surface area contributed by atoms with Gasteiger partial charge in [-0.05, 0) is 48.7 Å². The number of hydrogen-bond donors (Lipinski definition) is 2. The van der Waals surface area contributed by atoms with Gasteiger partial charge in [0, 0.05) is 17.6 Å². The lowest BCUT2D eigenvalue weighted by molar-refractivity contribution is -0.123. The molecule has 0 bridgehead atoms. The molecule has 1 fully saturated rings. The molecule has 0 unspecified atom stereocenters. The smallest absolute Gasteiger partial charge is 0.258 e. The van der Waals surface area contributed by atoms with Crippen molar-refractivity contribution in [3.63, 3.8) is 0 Å². The first kappa shape index (κ1) is 22.9. The van der Waals surface area contributed by atoms with Crippen molar-refractivity contribution in [2.45, 2.75) is 49.6 Å². The molecule has 0 atom stereocenters. The fraction of sp³-hybridized carbons (Fsp3) is 0.381. The molecule has 0 saturated heterocycles. The third-order valence-electron chi connectivity index (χ3n) is 4.90. The molecule has 0 aliphatic heterocycles. The molecule has 1 saturated carbocycles. The van der Waals surface area contributed by atoms with E-state index in [1.165, 1.54) is 18.2 Å². The standard InChI is InChI=1S/C21H24Cl2N2O4S/c22-16-8-6-15(7-9-16)13-24-21(26)14-29-20-11-10-18(12-19(20)23)30(27,28)25-17-4-2-1-3-5-17/h6-12,17,25H,1-5,13-14H2,(H,24,26). The van der Waals surface area contributed by atoms with Gasteiger partial charge < -0.3 is 10.1 Å². The van der Waals surface area contributed by atoms with Gasteiger partial charge in [-0.25, -0.2) is 13.1 Å². The lowest BCUT2D eigenvalue weighted by Gasteiger charge is -2.22. The van der Waals surface area contributed by atoms with Crippen LogP contribution in [0.1, 0.15) is 37.7 Å². The van der Waals surface area contributed by atoms with E-state index in [1.54, 1.807) is 12.1 Å². The summed E-state index contributed by atoms with van der Waals surface area (Å²) in [5.41, 5.74) is 0.908. The minimum absolute atomic E-state index is 0.0391. The highest BCUT2D eigenvalue weighted by atomic mass is 35.5. The summed E-state index contributed by atoms with van der Waals surface area (Å²) in [5, 5.41) is 3.49. The number of hydrogen-bond acceptors (Lipinski definition) is 4. The normalized spacial score (nSPS) is 15.0. The molecule has 2 aromatic rings. The average Bonchev–Trinajstić information content (AvgIpc) is 2.73. The van der Waals surface area contributed by atoms with Crippen LogP contribution in [0.15, 0.2) is 47.4 Å². The van der Waals surface area contributed by atoms with Gasteiger partial charge in [0.2, 0.25) is 10.0 Å². The molecular formula is C21H24Cl2N2O4S. The lowest BCUT2D eigenvalue weighted by Crippen LogP contribution is -2.36. The zero-order chi connectivity index (χ0) is 21.6. The van der Waals surface area contributed by atoms with E-state index in [0.717, 1.165) is 37.7 Å². The van der Waals surface area contributed by atoms with Gasteiger partial charge in [-0.15, -0.1) is 0 Å². The van der Waals surface area contributed by atoms with Crippen molar-refractivity contribution in [3.8, 4) is 5.75 Å². The molecule has 1 aliphatic rings. The number of benzene rings is 2. The minimum atomic E-state index is -3.65. The van der Waals surface area contributed by atoms with Crippen molar-refractivity contribution in [1.82, 2.24) is 10.0 Å². The fourth-order valence-electron chi connectivity index (χ4n) is 3.27. The molecule has 162 valence electrons. The van der Waals surface area contributed by atoms with Crippen molar-refractivity contribution in [1.29, 1.82) is 0 Å². The van der Waals surface area contributed by atoms with Crippen molar-refractivity contribution >= 4 is 39.1 Å². The number of amides is 1. The summed E-state index contributed by atoms with van der Waals surface area (Å²) >= 11 is 12.0. The lowest BCUT2D eigenvalue weighted by atomic mass is 9.96. The summed E-state index contributed by atoms with van der Waals surface area (Å²) < 4.78 is 33.4. The summed E-state index contributed by atoms with van der Waals surface area (Å²) in [6.45, 7) is 0.108. The first-order valence-electron chi connectivity index (χ1n) is 9.79. The van der Waals surface area contributed by atoms with Crippen LogP contribution in [0.3, 0.4) is 0 Å². The van der Waals surface area contributed by atoms with E-state index in [-0.39, 0.29) is 34.2 Å². The quantitative estimate of drug-likeness (QED) is 0.602. The zero-order valence-corrected chi connectivity index (χ0v) is 18.7. The van der Waals surface area contributed by atoms with Gasteiger partial charge in [-0.3, -0.25) is 4.79 Å². The Morgan fingerprint density at radius 1 is 1.03 bits per heavy atom. The van der Waals surface area contributed by atoms with Gasteiger partial charge in [0.15, 0.2) is 6.61 Å². The predicted molar refractivity (Wildman–Crippen MR) is 117 cm³/mol. The number of carbonyl (C=O) groups excluding carboxylic acids is 1. The maximum atomic E-state index is 12.6. The van der Waals surface area contributed by atoms with Crippen LogP contribution in [0.5, 0.6) is 5.75 Å². The number of rotatable bonds is 8. The summed E-state index contributed by atoms with van der Waals surface area (Å²) in [4.78, 5) is 12.1. The number of sulfonamides is 1. The second-order valence-electron chi connectivity index (χ2n) is 7.24. The monoisotopic (exact) mass is 470 g/mol. The van der Waals surface area contributed by atoms with Crippen molar-refractivity contribution in [3.05, 3.63) is 58.1 Å². The molecule has 6 nitrogen and oxygen atoms in total. The number of nitrogens with one attached hydrogen (secondary N) is 2. The molecule has 0 spiro atoms. The molecule has 0 heterocycles. The highest BCUT2D eigenvalue weighted by Gasteiger charge is 2.22. The Kier molecular flexibility index (Phi) is 7.99. The average molecular weight is 471 g/mol. The van der Waals surface area contributed by atoms with Crippen molar-refractivity contribution < 1.29 is 17.9 Å². The van der Waals surface area contributed by atoms with E-state index in [2.05, 4.69) is 10.0 Å². The van der Waals surface area contributed by atoms with Crippen LogP contribution in [-0.4, -0.2) is 27.0 Å². The Morgan fingerprint density at radius 3 is 2.40 bits per heavy atom. The van der Waals surface area contributed by atoms with E-state index in [4.69, 9.17) is 27.9 Å². The Bertz CT molecular complexity index is 975. The van der Waals surface area contributed by atoms with Crippen LogP contribution in [0.25, 0.3) is 0 Å². The van der Waals surface area contributed by atoms with Gasteiger partial charge >= 0.3 is 0 Å². The number of ether oxygens (including phenoxy) is 1. The topological polar surface area (TPSA) is 84.5 Å². The maximum absolute atomic E-state index is 12.6. The first-order valence-corrected chi connectivity index (χ1v) is 12.0. The molecule has 1 amide bonds. The molecule has 0 aromatic heterocycles. The van der Waals surface area contributed by atoms with Gasteiger partial charge in [0.25, 0.3) is 5.91 Å². The summed E-state index contributed by atoms with van der Waals surface area (Å²) in [7, 11) is -3.65. The SMILES string of the molecule is O=C(COc1ccc(S(=O)(=O)NC2CCCCC2)cc1Cl)NCc1ccc(Cl)cc1. The van der Waals surface area contributed by atoms with Crippen LogP contribution in [0.2, 0.25) is 10.0 Å². The van der Waals surface area contributed by atoms with Gasteiger partial charge in [0.1, 0.15) is 5.75 Å². The van der Waals surface area contributed by atoms with Crippen LogP contribution < -0.4 is 14.8 Å².